The first-order valence-corrected chi connectivity index (χ1v) is 8.23. The molecule has 0 spiro atoms. The van der Waals surface area contributed by atoms with Crippen LogP contribution in [0.15, 0.2) is 46.3 Å². The summed E-state index contributed by atoms with van der Waals surface area (Å²) in [6.07, 6.45) is 0. The molecule has 1 heterocycles. The van der Waals surface area contributed by atoms with Crippen molar-refractivity contribution in [2.24, 2.45) is 5.73 Å². The van der Waals surface area contributed by atoms with Crippen LogP contribution < -0.4 is 5.73 Å². The third-order valence-electron chi connectivity index (χ3n) is 3.81. The maximum Gasteiger partial charge on any atom is 0.0566 e. The van der Waals surface area contributed by atoms with Gasteiger partial charge in [-0.05, 0) is 68.9 Å². The van der Waals surface area contributed by atoms with Gasteiger partial charge in [-0.25, -0.2) is 0 Å². The standard InChI is InChI=1S/C17H16BrNS/c1-10-6-7-12(8-11(10)2)16(19)14-9-20-17-13(14)4-3-5-15(17)18/h3-9,16H,19H2,1-2H3. The summed E-state index contributed by atoms with van der Waals surface area (Å²) in [5.41, 5.74) is 11.5. The van der Waals surface area contributed by atoms with Crippen molar-refractivity contribution in [2.45, 2.75) is 19.9 Å². The van der Waals surface area contributed by atoms with Crippen molar-refractivity contribution < 1.29 is 0 Å². The van der Waals surface area contributed by atoms with Crippen molar-refractivity contribution >= 4 is 37.4 Å². The van der Waals surface area contributed by atoms with Gasteiger partial charge < -0.3 is 5.73 Å². The van der Waals surface area contributed by atoms with Gasteiger partial charge in [0.05, 0.1) is 6.04 Å². The van der Waals surface area contributed by atoms with Crippen LogP contribution in [-0.4, -0.2) is 0 Å². The highest BCUT2D eigenvalue weighted by Gasteiger charge is 2.15. The molecule has 0 bridgehead atoms. The Kier molecular flexibility index (Phi) is 3.67. The molecule has 0 saturated carbocycles. The summed E-state index contributed by atoms with van der Waals surface area (Å²) in [5.74, 6) is 0. The van der Waals surface area contributed by atoms with Crippen molar-refractivity contribution in [1.29, 1.82) is 0 Å². The van der Waals surface area contributed by atoms with Gasteiger partial charge in [0.15, 0.2) is 0 Å². The monoisotopic (exact) mass is 345 g/mol. The maximum atomic E-state index is 6.49. The third kappa shape index (κ3) is 2.30. The zero-order valence-electron chi connectivity index (χ0n) is 11.5. The topological polar surface area (TPSA) is 26.0 Å². The van der Waals surface area contributed by atoms with E-state index >= 15 is 0 Å². The van der Waals surface area contributed by atoms with Crippen LogP contribution in [0.25, 0.3) is 10.1 Å². The fourth-order valence-corrected chi connectivity index (χ4v) is 4.08. The number of aryl methyl sites for hydroxylation is 2. The Balaban J connectivity index is 2.10. The summed E-state index contributed by atoms with van der Waals surface area (Å²) >= 11 is 5.35. The molecule has 2 N–H and O–H groups in total. The van der Waals surface area contributed by atoms with E-state index in [1.165, 1.54) is 32.3 Å². The van der Waals surface area contributed by atoms with E-state index in [4.69, 9.17) is 5.73 Å². The fourth-order valence-electron chi connectivity index (χ4n) is 2.42. The molecule has 1 nitrogen and oxygen atoms in total. The van der Waals surface area contributed by atoms with Crippen LogP contribution in [0.4, 0.5) is 0 Å². The third-order valence-corrected chi connectivity index (χ3v) is 5.78. The molecule has 1 unspecified atom stereocenters. The number of rotatable bonds is 2. The Bertz CT molecular complexity index is 776. The lowest BCUT2D eigenvalue weighted by Crippen LogP contribution is -2.11. The lowest BCUT2D eigenvalue weighted by Gasteiger charge is -2.13. The zero-order valence-corrected chi connectivity index (χ0v) is 13.9. The van der Waals surface area contributed by atoms with Crippen molar-refractivity contribution in [3.05, 3.63) is 68.5 Å². The van der Waals surface area contributed by atoms with Gasteiger partial charge in [-0.15, -0.1) is 11.3 Å². The summed E-state index contributed by atoms with van der Waals surface area (Å²) in [5, 5.41) is 3.42. The molecule has 3 heteroatoms. The van der Waals surface area contributed by atoms with Gasteiger partial charge in [0.1, 0.15) is 0 Å². The van der Waals surface area contributed by atoms with Gasteiger partial charge in [0.2, 0.25) is 0 Å². The van der Waals surface area contributed by atoms with Gasteiger partial charge in [-0.3, -0.25) is 0 Å². The van der Waals surface area contributed by atoms with E-state index in [1.54, 1.807) is 11.3 Å². The van der Waals surface area contributed by atoms with Crippen LogP contribution >= 0.6 is 27.3 Å². The summed E-state index contributed by atoms with van der Waals surface area (Å²) in [7, 11) is 0. The lowest BCUT2D eigenvalue weighted by atomic mass is 9.96. The molecule has 0 saturated heterocycles. The number of thiophene rings is 1. The second-order valence-electron chi connectivity index (χ2n) is 5.13. The number of benzene rings is 2. The second-order valence-corrected chi connectivity index (χ2v) is 6.86. The molecule has 0 aliphatic rings. The predicted octanol–water partition coefficient (Wildman–Crippen LogP) is 5.33. The molecule has 1 atom stereocenters. The Morgan fingerprint density at radius 1 is 1.10 bits per heavy atom. The Morgan fingerprint density at radius 2 is 1.90 bits per heavy atom. The largest absolute Gasteiger partial charge is 0.320 e. The maximum absolute atomic E-state index is 6.49. The molecule has 20 heavy (non-hydrogen) atoms. The number of fused-ring (bicyclic) bond motifs is 1. The quantitative estimate of drug-likeness (QED) is 0.667. The highest BCUT2D eigenvalue weighted by Crippen LogP contribution is 2.36. The van der Waals surface area contributed by atoms with Gasteiger partial charge >= 0.3 is 0 Å². The first-order valence-electron chi connectivity index (χ1n) is 6.56. The van der Waals surface area contributed by atoms with E-state index in [0.717, 1.165) is 4.47 Å². The van der Waals surface area contributed by atoms with E-state index < -0.39 is 0 Å². The van der Waals surface area contributed by atoms with E-state index in [2.05, 4.69) is 71.6 Å². The molecule has 0 fully saturated rings. The molecular weight excluding hydrogens is 330 g/mol. The minimum atomic E-state index is -0.0719. The number of hydrogen-bond acceptors (Lipinski definition) is 2. The molecule has 0 aliphatic carbocycles. The van der Waals surface area contributed by atoms with Gasteiger partial charge in [-0.2, -0.15) is 0 Å². The molecule has 3 rings (SSSR count). The normalized spacial score (nSPS) is 12.8. The van der Waals surface area contributed by atoms with Crippen LogP contribution in [0.2, 0.25) is 0 Å². The second kappa shape index (κ2) is 5.32. The van der Waals surface area contributed by atoms with Crippen molar-refractivity contribution in [1.82, 2.24) is 0 Å². The molecule has 0 aliphatic heterocycles. The molecule has 0 radical (unpaired) electrons. The summed E-state index contributed by atoms with van der Waals surface area (Å²) < 4.78 is 2.40. The average molecular weight is 346 g/mol. The highest BCUT2D eigenvalue weighted by atomic mass is 79.9. The summed E-state index contributed by atoms with van der Waals surface area (Å²) in [6, 6.07) is 12.7. The fraction of sp³-hybridized carbons (Fsp3) is 0.176. The summed E-state index contributed by atoms with van der Waals surface area (Å²) in [6.45, 7) is 4.26. The van der Waals surface area contributed by atoms with Crippen LogP contribution in [0.5, 0.6) is 0 Å². The van der Waals surface area contributed by atoms with Crippen molar-refractivity contribution in [2.75, 3.05) is 0 Å². The first-order chi connectivity index (χ1) is 9.58. The number of hydrogen-bond donors (Lipinski definition) is 1. The molecule has 3 aromatic rings. The molecule has 102 valence electrons. The van der Waals surface area contributed by atoms with Crippen molar-refractivity contribution in [3.63, 3.8) is 0 Å². The smallest absolute Gasteiger partial charge is 0.0566 e. The lowest BCUT2D eigenvalue weighted by molar-refractivity contribution is 0.881. The predicted molar refractivity (Wildman–Crippen MR) is 91.5 cm³/mol. The highest BCUT2D eigenvalue weighted by molar-refractivity contribution is 9.10. The van der Waals surface area contributed by atoms with Crippen LogP contribution in [0.3, 0.4) is 0 Å². The van der Waals surface area contributed by atoms with Gasteiger partial charge in [-0.1, -0.05) is 30.3 Å². The van der Waals surface area contributed by atoms with E-state index in [0.29, 0.717) is 0 Å². The van der Waals surface area contributed by atoms with E-state index in [-0.39, 0.29) is 6.04 Å². The zero-order chi connectivity index (χ0) is 14.3. The average Bonchev–Trinajstić information content (AvgIpc) is 2.86. The SMILES string of the molecule is Cc1ccc(C(N)c2csc3c(Br)cccc23)cc1C. The molecule has 2 aromatic carbocycles. The van der Waals surface area contributed by atoms with E-state index in [1.807, 2.05) is 0 Å². The Hall–Kier alpha value is -1.16. The van der Waals surface area contributed by atoms with E-state index in [9.17, 15) is 0 Å². The van der Waals surface area contributed by atoms with Crippen LogP contribution in [0, 0.1) is 13.8 Å². The minimum absolute atomic E-state index is 0.0719. The van der Waals surface area contributed by atoms with Crippen LogP contribution in [-0.2, 0) is 0 Å². The minimum Gasteiger partial charge on any atom is -0.320 e. The van der Waals surface area contributed by atoms with Crippen molar-refractivity contribution in [3.8, 4) is 0 Å². The number of halogens is 1. The number of nitrogens with two attached hydrogens (primary N) is 1. The van der Waals surface area contributed by atoms with Gasteiger partial charge in [0.25, 0.3) is 0 Å². The molecule has 0 amide bonds. The molecular formula is C17H16BrNS. The van der Waals surface area contributed by atoms with Gasteiger partial charge in [0, 0.05) is 9.17 Å². The molecule has 1 aromatic heterocycles. The Labute approximate surface area is 131 Å². The summed E-state index contributed by atoms with van der Waals surface area (Å²) in [4.78, 5) is 0. The van der Waals surface area contributed by atoms with Crippen LogP contribution in [0.1, 0.15) is 28.3 Å². The first kappa shape index (κ1) is 13.8. The Morgan fingerprint density at radius 3 is 2.65 bits per heavy atom.